The van der Waals surface area contributed by atoms with Crippen LogP contribution in [0.25, 0.3) is 0 Å². The first-order chi connectivity index (χ1) is 9.41. The molecule has 5 nitrogen and oxygen atoms in total. The van der Waals surface area contributed by atoms with Gasteiger partial charge in [0.1, 0.15) is 9.84 Å². The Balaban J connectivity index is 2.13. The van der Waals surface area contributed by atoms with E-state index in [4.69, 9.17) is 4.74 Å². The normalized spacial score (nSPS) is 25.1. The molecular formula is C14H21NO4S. The van der Waals surface area contributed by atoms with Gasteiger partial charge >= 0.3 is 0 Å². The molecule has 1 aliphatic carbocycles. The van der Waals surface area contributed by atoms with E-state index in [9.17, 15) is 13.5 Å². The van der Waals surface area contributed by atoms with Crippen LogP contribution in [0.15, 0.2) is 18.2 Å². The largest absolute Gasteiger partial charge is 0.481 e. The Morgan fingerprint density at radius 2 is 2.15 bits per heavy atom. The summed E-state index contributed by atoms with van der Waals surface area (Å²) in [5.74, 6) is 0.389. The summed E-state index contributed by atoms with van der Waals surface area (Å²) in [6.45, 7) is 0. The number of sulfone groups is 1. The summed E-state index contributed by atoms with van der Waals surface area (Å²) < 4.78 is 28.4. The van der Waals surface area contributed by atoms with Crippen LogP contribution >= 0.6 is 0 Å². The maximum atomic E-state index is 11.7. The number of aliphatic hydroxyl groups is 1. The molecule has 1 aliphatic rings. The van der Waals surface area contributed by atoms with Crippen molar-refractivity contribution in [2.75, 3.05) is 13.4 Å². The Kier molecular flexibility index (Phi) is 4.65. The molecule has 6 heteroatoms. The number of nitrogens with zero attached hydrogens (tertiary/aromatic N) is 1. The number of hydrogen-bond acceptors (Lipinski definition) is 5. The van der Waals surface area contributed by atoms with E-state index in [1.54, 1.807) is 18.2 Å². The molecule has 1 fully saturated rings. The van der Waals surface area contributed by atoms with Gasteiger partial charge < -0.3 is 9.84 Å². The van der Waals surface area contributed by atoms with Gasteiger partial charge in [0.05, 0.1) is 24.2 Å². The highest BCUT2D eigenvalue weighted by Crippen LogP contribution is 2.36. The lowest BCUT2D eigenvalue weighted by Crippen LogP contribution is -2.30. The van der Waals surface area contributed by atoms with Crippen molar-refractivity contribution < 1.29 is 18.3 Å². The van der Waals surface area contributed by atoms with Crippen LogP contribution in [-0.4, -0.2) is 37.1 Å². The topological polar surface area (TPSA) is 76.5 Å². The molecule has 0 saturated heterocycles. The Bertz CT molecular complexity index is 558. The van der Waals surface area contributed by atoms with E-state index in [0.29, 0.717) is 24.4 Å². The lowest BCUT2D eigenvalue weighted by atomic mass is 9.83. The lowest BCUT2D eigenvalue weighted by molar-refractivity contribution is 0.0814. The van der Waals surface area contributed by atoms with Gasteiger partial charge in [-0.1, -0.05) is 12.5 Å². The summed E-state index contributed by atoms with van der Waals surface area (Å²) in [6, 6.07) is 5.24. The molecule has 0 bridgehead atoms. The highest BCUT2D eigenvalue weighted by atomic mass is 32.2. The van der Waals surface area contributed by atoms with E-state index >= 15 is 0 Å². The monoisotopic (exact) mass is 299 g/mol. The van der Waals surface area contributed by atoms with Crippen molar-refractivity contribution in [1.29, 1.82) is 0 Å². The zero-order valence-corrected chi connectivity index (χ0v) is 12.6. The molecular weight excluding hydrogens is 278 g/mol. The molecule has 1 heterocycles. The molecule has 2 rings (SSSR count). The van der Waals surface area contributed by atoms with Crippen LogP contribution in [0.2, 0.25) is 0 Å². The summed E-state index contributed by atoms with van der Waals surface area (Å²) in [7, 11) is -1.52. The van der Waals surface area contributed by atoms with Crippen molar-refractivity contribution >= 4 is 9.84 Å². The highest BCUT2D eigenvalue weighted by molar-refractivity contribution is 7.91. The average molecular weight is 299 g/mol. The minimum Gasteiger partial charge on any atom is -0.481 e. The zero-order chi connectivity index (χ0) is 14.8. The van der Waals surface area contributed by atoms with Crippen molar-refractivity contribution in [3.8, 4) is 5.88 Å². The molecule has 1 saturated carbocycles. The molecule has 1 N–H and O–H groups in total. The predicted octanol–water partition coefficient (Wildman–Crippen LogP) is 1.73. The molecule has 112 valence electrons. The van der Waals surface area contributed by atoms with Gasteiger partial charge in [-0.3, -0.25) is 0 Å². The second-order valence-corrected chi connectivity index (χ2v) is 7.75. The predicted molar refractivity (Wildman–Crippen MR) is 76.3 cm³/mol. The van der Waals surface area contributed by atoms with E-state index in [1.165, 1.54) is 13.4 Å². The molecule has 0 aliphatic heterocycles. The van der Waals surface area contributed by atoms with Gasteiger partial charge in [0.2, 0.25) is 5.88 Å². The van der Waals surface area contributed by atoms with E-state index in [0.717, 1.165) is 12.8 Å². The van der Waals surface area contributed by atoms with Gasteiger partial charge in [-0.25, -0.2) is 13.4 Å². The molecule has 0 radical (unpaired) electrons. The summed E-state index contributed by atoms with van der Waals surface area (Å²) in [5.41, 5.74) is 0.545. The number of aromatic nitrogens is 1. The Labute approximate surface area is 119 Å². The quantitative estimate of drug-likeness (QED) is 0.916. The Morgan fingerprint density at radius 1 is 1.40 bits per heavy atom. The molecule has 3 unspecified atom stereocenters. The number of aliphatic hydroxyl groups excluding tert-OH is 1. The van der Waals surface area contributed by atoms with E-state index in [1.807, 2.05) is 0 Å². The fourth-order valence-electron chi connectivity index (χ4n) is 2.81. The summed E-state index contributed by atoms with van der Waals surface area (Å²) in [6.07, 6.45) is 3.37. The molecule has 20 heavy (non-hydrogen) atoms. The Morgan fingerprint density at radius 3 is 2.80 bits per heavy atom. The van der Waals surface area contributed by atoms with Crippen LogP contribution in [-0.2, 0) is 9.84 Å². The molecule has 0 amide bonds. The second kappa shape index (κ2) is 6.10. The number of pyridine rings is 1. The maximum absolute atomic E-state index is 11.7. The van der Waals surface area contributed by atoms with Gasteiger partial charge in [0.15, 0.2) is 0 Å². The van der Waals surface area contributed by atoms with Crippen molar-refractivity contribution in [3.05, 3.63) is 23.9 Å². The van der Waals surface area contributed by atoms with Crippen molar-refractivity contribution in [2.24, 2.45) is 5.92 Å². The molecule has 0 spiro atoms. The molecule has 1 aromatic heterocycles. The SMILES string of the molecule is COc1cccc(C(O)C2CCCC(S(C)(=O)=O)C2)n1. The van der Waals surface area contributed by atoms with E-state index < -0.39 is 15.9 Å². The zero-order valence-electron chi connectivity index (χ0n) is 11.8. The lowest BCUT2D eigenvalue weighted by Gasteiger charge is -2.31. The fraction of sp³-hybridized carbons (Fsp3) is 0.643. The van der Waals surface area contributed by atoms with Gasteiger partial charge in [-0.15, -0.1) is 0 Å². The van der Waals surface area contributed by atoms with E-state index in [-0.39, 0.29) is 11.2 Å². The van der Waals surface area contributed by atoms with Crippen LogP contribution in [0.3, 0.4) is 0 Å². The van der Waals surface area contributed by atoms with Crippen LogP contribution < -0.4 is 4.74 Å². The van der Waals surface area contributed by atoms with Crippen molar-refractivity contribution in [3.63, 3.8) is 0 Å². The Hall–Kier alpha value is -1.14. The minimum absolute atomic E-state index is 0.0666. The number of rotatable bonds is 4. The van der Waals surface area contributed by atoms with Gasteiger partial charge in [-0.05, 0) is 31.2 Å². The van der Waals surface area contributed by atoms with Crippen LogP contribution in [0, 0.1) is 5.92 Å². The smallest absolute Gasteiger partial charge is 0.213 e. The van der Waals surface area contributed by atoms with Crippen molar-refractivity contribution in [2.45, 2.75) is 37.0 Å². The summed E-state index contributed by atoms with van der Waals surface area (Å²) in [4.78, 5) is 4.23. The van der Waals surface area contributed by atoms with Gasteiger partial charge in [0.25, 0.3) is 0 Å². The third-order valence-electron chi connectivity index (χ3n) is 3.98. The number of methoxy groups -OCH3 is 1. The second-order valence-electron chi connectivity index (χ2n) is 5.43. The standard InChI is InChI=1S/C14H21NO4S/c1-19-13-8-4-7-12(15-13)14(16)10-5-3-6-11(9-10)20(2,17)18/h4,7-8,10-11,14,16H,3,5-6,9H2,1-2H3. The summed E-state index contributed by atoms with van der Waals surface area (Å²) >= 11 is 0. The molecule has 1 aromatic rings. The first kappa shape index (κ1) is 15.3. The first-order valence-electron chi connectivity index (χ1n) is 6.79. The molecule has 3 atom stereocenters. The van der Waals surface area contributed by atoms with Crippen molar-refractivity contribution in [1.82, 2.24) is 4.98 Å². The first-order valence-corrected chi connectivity index (χ1v) is 8.75. The van der Waals surface area contributed by atoms with E-state index in [2.05, 4.69) is 4.98 Å². The third-order valence-corrected chi connectivity index (χ3v) is 5.62. The minimum atomic E-state index is -3.04. The fourth-order valence-corrected chi connectivity index (χ4v) is 4.00. The third kappa shape index (κ3) is 3.49. The van der Waals surface area contributed by atoms with Crippen LogP contribution in [0.5, 0.6) is 5.88 Å². The van der Waals surface area contributed by atoms with Gasteiger partial charge in [-0.2, -0.15) is 0 Å². The molecule has 0 aromatic carbocycles. The van der Waals surface area contributed by atoms with Crippen LogP contribution in [0.1, 0.15) is 37.5 Å². The maximum Gasteiger partial charge on any atom is 0.213 e. The average Bonchev–Trinajstić information content (AvgIpc) is 2.46. The summed E-state index contributed by atoms with van der Waals surface area (Å²) in [5, 5.41) is 10.1. The van der Waals surface area contributed by atoms with Gasteiger partial charge in [0, 0.05) is 12.3 Å². The highest BCUT2D eigenvalue weighted by Gasteiger charge is 2.33. The van der Waals surface area contributed by atoms with Crippen LogP contribution in [0.4, 0.5) is 0 Å². The number of ether oxygens (including phenoxy) is 1. The number of hydrogen-bond donors (Lipinski definition) is 1.